The van der Waals surface area contributed by atoms with Crippen molar-refractivity contribution in [1.82, 2.24) is 0 Å². The van der Waals surface area contributed by atoms with Gasteiger partial charge in [-0.05, 0) is 76.2 Å². The molecule has 1 aliphatic carbocycles. The quantitative estimate of drug-likeness (QED) is 0.367. The first-order valence-corrected chi connectivity index (χ1v) is 8.69. The van der Waals surface area contributed by atoms with Crippen molar-refractivity contribution < 1.29 is 0 Å². The van der Waals surface area contributed by atoms with Crippen LogP contribution < -0.4 is 11.1 Å². The van der Waals surface area contributed by atoms with Crippen LogP contribution in [-0.4, -0.2) is 5.96 Å². The molecule has 0 fully saturated rings. The maximum absolute atomic E-state index is 6.11. The zero-order valence-electron chi connectivity index (χ0n) is 12.5. The second-order valence-corrected chi connectivity index (χ2v) is 6.96. The minimum atomic E-state index is 0.408. The molecule has 0 atom stereocenters. The van der Waals surface area contributed by atoms with Gasteiger partial charge in [-0.2, -0.15) is 0 Å². The summed E-state index contributed by atoms with van der Waals surface area (Å²) in [4.78, 5) is 4.60. The predicted molar refractivity (Wildman–Crippen MR) is 105 cm³/mol. The maximum atomic E-state index is 6.11. The highest BCUT2D eigenvalue weighted by atomic mass is 127. The Morgan fingerprint density at radius 2 is 1.78 bits per heavy atom. The van der Waals surface area contributed by atoms with Crippen molar-refractivity contribution in [3.05, 3.63) is 69.3 Å². The molecule has 3 aromatic carbocycles. The van der Waals surface area contributed by atoms with Crippen LogP contribution >= 0.6 is 22.6 Å². The first-order valence-electron chi connectivity index (χ1n) is 7.61. The molecule has 3 nitrogen and oxygen atoms in total. The van der Waals surface area contributed by atoms with Gasteiger partial charge in [0.25, 0.3) is 0 Å². The fourth-order valence-electron chi connectivity index (χ4n) is 3.20. The molecule has 4 heteroatoms. The number of nitrogens with one attached hydrogen (secondary N) is 1. The first kappa shape index (κ1) is 14.5. The lowest BCUT2D eigenvalue weighted by molar-refractivity contribution is 1.02. The lowest BCUT2D eigenvalue weighted by atomic mass is 10.0. The molecule has 0 radical (unpaired) electrons. The minimum absolute atomic E-state index is 0.408. The Balaban J connectivity index is 1.72. The highest BCUT2D eigenvalue weighted by Crippen LogP contribution is 2.36. The van der Waals surface area contributed by atoms with Gasteiger partial charge in [0, 0.05) is 14.6 Å². The average Bonchev–Trinajstić information content (AvgIpc) is 2.95. The third-order valence-corrected chi connectivity index (χ3v) is 4.86. The third kappa shape index (κ3) is 2.79. The van der Waals surface area contributed by atoms with Crippen LogP contribution in [-0.2, 0) is 12.8 Å². The predicted octanol–water partition coefficient (Wildman–Crippen LogP) is 4.60. The number of halogens is 1. The molecule has 1 aliphatic rings. The standard InChI is InChI=1S/C19H16IN3/c20-14-4-2-5-15(11-14)22-19(21)23-17-10-9-13-8-7-12-3-1-6-16(17)18(12)13/h1-6,9-11H,7-8H2,(H3,21,22,23). The largest absolute Gasteiger partial charge is 0.369 e. The molecule has 0 saturated carbocycles. The van der Waals surface area contributed by atoms with Gasteiger partial charge in [0.15, 0.2) is 5.96 Å². The van der Waals surface area contributed by atoms with E-state index in [1.807, 2.05) is 24.3 Å². The molecule has 0 amide bonds. The van der Waals surface area contributed by atoms with E-state index in [1.54, 1.807) is 0 Å². The summed E-state index contributed by atoms with van der Waals surface area (Å²) in [5.74, 6) is 0.408. The monoisotopic (exact) mass is 413 g/mol. The molecule has 0 aliphatic heterocycles. The van der Waals surface area contributed by atoms with Gasteiger partial charge in [0.05, 0.1) is 5.69 Å². The summed E-state index contributed by atoms with van der Waals surface area (Å²) in [6.07, 6.45) is 2.24. The van der Waals surface area contributed by atoms with Gasteiger partial charge >= 0.3 is 0 Å². The van der Waals surface area contributed by atoms with Gasteiger partial charge in [0.1, 0.15) is 0 Å². The molecule has 0 heterocycles. The van der Waals surface area contributed by atoms with Crippen LogP contribution in [0.3, 0.4) is 0 Å². The Kier molecular flexibility index (Phi) is 3.69. The number of aliphatic imine (C=N–C) groups is 1. The van der Waals surface area contributed by atoms with E-state index in [1.165, 1.54) is 21.9 Å². The molecular weight excluding hydrogens is 397 g/mol. The first-order chi connectivity index (χ1) is 11.2. The molecule has 3 aromatic rings. The number of benzene rings is 3. The van der Waals surface area contributed by atoms with Crippen LogP contribution in [0.5, 0.6) is 0 Å². The van der Waals surface area contributed by atoms with E-state index in [4.69, 9.17) is 5.73 Å². The number of aryl methyl sites for hydroxylation is 2. The summed E-state index contributed by atoms with van der Waals surface area (Å²) in [6, 6.07) is 18.7. The zero-order valence-corrected chi connectivity index (χ0v) is 14.7. The average molecular weight is 413 g/mol. The van der Waals surface area contributed by atoms with Crippen molar-refractivity contribution in [1.29, 1.82) is 0 Å². The number of nitrogens with two attached hydrogens (primary N) is 1. The van der Waals surface area contributed by atoms with Crippen molar-refractivity contribution in [2.45, 2.75) is 12.8 Å². The van der Waals surface area contributed by atoms with E-state index in [9.17, 15) is 0 Å². The molecule has 0 unspecified atom stereocenters. The number of hydrogen-bond acceptors (Lipinski definition) is 1. The topological polar surface area (TPSA) is 50.4 Å². The van der Waals surface area contributed by atoms with Gasteiger partial charge in [-0.15, -0.1) is 0 Å². The van der Waals surface area contributed by atoms with Gasteiger partial charge in [-0.25, -0.2) is 4.99 Å². The molecule has 114 valence electrons. The smallest absolute Gasteiger partial charge is 0.198 e. The Morgan fingerprint density at radius 1 is 1.00 bits per heavy atom. The summed E-state index contributed by atoms with van der Waals surface area (Å²) in [7, 11) is 0. The zero-order chi connectivity index (χ0) is 15.8. The van der Waals surface area contributed by atoms with Gasteiger partial charge in [0.2, 0.25) is 0 Å². The molecular formula is C19H16IN3. The van der Waals surface area contributed by atoms with Crippen molar-refractivity contribution in [2.75, 3.05) is 5.32 Å². The normalized spacial score (nSPS) is 13.5. The number of hydrogen-bond donors (Lipinski definition) is 2. The van der Waals surface area contributed by atoms with Gasteiger partial charge in [-0.3, -0.25) is 0 Å². The van der Waals surface area contributed by atoms with E-state index in [2.05, 4.69) is 63.2 Å². The van der Waals surface area contributed by atoms with Crippen LogP contribution in [0.4, 0.5) is 11.4 Å². The SMILES string of the molecule is NC(=Nc1ccc2c3c(cccc13)CC2)Nc1cccc(I)c1. The van der Waals surface area contributed by atoms with Crippen LogP contribution in [0, 0.1) is 3.57 Å². The number of guanidine groups is 1. The molecule has 4 rings (SSSR count). The van der Waals surface area contributed by atoms with E-state index < -0.39 is 0 Å². The molecule has 0 aromatic heterocycles. The van der Waals surface area contributed by atoms with Crippen LogP contribution in [0.15, 0.2) is 59.6 Å². The van der Waals surface area contributed by atoms with Crippen LogP contribution in [0.25, 0.3) is 10.8 Å². The van der Waals surface area contributed by atoms with Crippen molar-refractivity contribution in [2.24, 2.45) is 10.7 Å². The van der Waals surface area contributed by atoms with Crippen LogP contribution in [0.2, 0.25) is 0 Å². The fourth-order valence-corrected chi connectivity index (χ4v) is 3.74. The number of rotatable bonds is 2. The number of nitrogens with zero attached hydrogens (tertiary/aromatic N) is 1. The summed E-state index contributed by atoms with van der Waals surface area (Å²) in [5.41, 5.74) is 10.8. The highest BCUT2D eigenvalue weighted by molar-refractivity contribution is 14.1. The number of anilines is 1. The van der Waals surface area contributed by atoms with Crippen molar-refractivity contribution >= 4 is 50.7 Å². The lowest BCUT2D eigenvalue weighted by Gasteiger charge is -2.08. The van der Waals surface area contributed by atoms with Crippen molar-refractivity contribution in [3.8, 4) is 0 Å². The molecule has 3 N–H and O–H groups in total. The van der Waals surface area contributed by atoms with Gasteiger partial charge < -0.3 is 11.1 Å². The molecule has 23 heavy (non-hydrogen) atoms. The summed E-state index contributed by atoms with van der Waals surface area (Å²) in [5, 5.41) is 5.71. The second-order valence-electron chi connectivity index (χ2n) is 5.72. The Labute approximate surface area is 148 Å². The van der Waals surface area contributed by atoms with Gasteiger partial charge in [-0.1, -0.05) is 30.3 Å². The van der Waals surface area contributed by atoms with E-state index in [0.29, 0.717) is 5.96 Å². The van der Waals surface area contributed by atoms with Crippen molar-refractivity contribution in [3.63, 3.8) is 0 Å². The minimum Gasteiger partial charge on any atom is -0.369 e. The summed E-state index contributed by atoms with van der Waals surface area (Å²) >= 11 is 2.28. The fraction of sp³-hybridized carbons (Fsp3) is 0.105. The Morgan fingerprint density at radius 3 is 2.61 bits per heavy atom. The second kappa shape index (κ2) is 5.85. The van der Waals surface area contributed by atoms with Crippen LogP contribution in [0.1, 0.15) is 11.1 Å². The highest BCUT2D eigenvalue weighted by Gasteiger charge is 2.15. The summed E-state index contributed by atoms with van der Waals surface area (Å²) in [6.45, 7) is 0. The molecule has 0 saturated heterocycles. The Bertz CT molecular complexity index is 921. The molecule has 0 spiro atoms. The molecule has 0 bridgehead atoms. The van der Waals surface area contributed by atoms with E-state index in [-0.39, 0.29) is 0 Å². The summed E-state index contributed by atoms with van der Waals surface area (Å²) < 4.78 is 1.16. The third-order valence-electron chi connectivity index (χ3n) is 4.19. The Hall–Kier alpha value is -2.08. The van der Waals surface area contributed by atoms with E-state index >= 15 is 0 Å². The lowest BCUT2D eigenvalue weighted by Crippen LogP contribution is -2.21. The van der Waals surface area contributed by atoms with E-state index in [0.717, 1.165) is 27.8 Å². The maximum Gasteiger partial charge on any atom is 0.198 e.